The van der Waals surface area contributed by atoms with Gasteiger partial charge in [0.25, 0.3) is 0 Å². The molecule has 7 nitrogen and oxygen atoms in total. The summed E-state index contributed by atoms with van der Waals surface area (Å²) in [4.78, 5) is 37.4. The SMILES string of the molecule is COc1ccc(N2CC(C(=O)NCc3ccc(C(N)=O)cc3)CC2=O)cc1. The molecule has 0 radical (unpaired) electrons. The van der Waals surface area contributed by atoms with Gasteiger partial charge in [0.15, 0.2) is 0 Å². The van der Waals surface area contributed by atoms with Crippen molar-refractivity contribution < 1.29 is 19.1 Å². The minimum atomic E-state index is -0.492. The van der Waals surface area contributed by atoms with Gasteiger partial charge < -0.3 is 20.7 Å². The summed E-state index contributed by atoms with van der Waals surface area (Å²) in [5.74, 6) is -0.426. The molecule has 3 N–H and O–H groups in total. The smallest absolute Gasteiger partial charge is 0.248 e. The van der Waals surface area contributed by atoms with Crippen LogP contribution in [0.4, 0.5) is 5.69 Å². The van der Waals surface area contributed by atoms with Crippen LogP contribution >= 0.6 is 0 Å². The number of methoxy groups -OCH3 is 1. The summed E-state index contributed by atoms with van der Waals surface area (Å²) < 4.78 is 5.12. The fourth-order valence-corrected chi connectivity index (χ4v) is 3.02. The maximum atomic E-state index is 12.4. The van der Waals surface area contributed by atoms with E-state index in [1.54, 1.807) is 60.5 Å². The number of primary amides is 1. The van der Waals surface area contributed by atoms with Crippen molar-refractivity contribution in [1.29, 1.82) is 0 Å². The molecule has 3 rings (SSSR count). The molecule has 0 bridgehead atoms. The van der Waals surface area contributed by atoms with E-state index in [2.05, 4.69) is 5.32 Å². The fourth-order valence-electron chi connectivity index (χ4n) is 3.02. The minimum Gasteiger partial charge on any atom is -0.497 e. The average Bonchev–Trinajstić information content (AvgIpc) is 3.08. The lowest BCUT2D eigenvalue weighted by Crippen LogP contribution is -2.32. The van der Waals surface area contributed by atoms with E-state index in [0.717, 1.165) is 11.3 Å². The molecule has 0 aromatic heterocycles. The van der Waals surface area contributed by atoms with Gasteiger partial charge in [-0.1, -0.05) is 12.1 Å². The molecule has 1 aliphatic rings. The quantitative estimate of drug-likeness (QED) is 0.807. The highest BCUT2D eigenvalue weighted by Gasteiger charge is 2.34. The zero-order valence-corrected chi connectivity index (χ0v) is 15.0. The fraction of sp³-hybridized carbons (Fsp3) is 0.250. The normalized spacial score (nSPS) is 16.3. The lowest BCUT2D eigenvalue weighted by Gasteiger charge is -2.17. The van der Waals surface area contributed by atoms with E-state index in [-0.39, 0.29) is 18.2 Å². The topological polar surface area (TPSA) is 102 Å². The number of hydrogen-bond donors (Lipinski definition) is 2. The van der Waals surface area contributed by atoms with Gasteiger partial charge in [0, 0.05) is 30.8 Å². The maximum absolute atomic E-state index is 12.4. The molecule has 7 heteroatoms. The predicted octanol–water partition coefficient (Wildman–Crippen LogP) is 1.46. The van der Waals surface area contributed by atoms with Crippen molar-refractivity contribution in [3.63, 3.8) is 0 Å². The highest BCUT2D eigenvalue weighted by atomic mass is 16.5. The monoisotopic (exact) mass is 367 g/mol. The molecule has 1 unspecified atom stereocenters. The lowest BCUT2D eigenvalue weighted by molar-refractivity contribution is -0.126. The highest BCUT2D eigenvalue weighted by molar-refractivity contribution is 6.00. The van der Waals surface area contributed by atoms with Crippen molar-refractivity contribution in [2.24, 2.45) is 11.7 Å². The van der Waals surface area contributed by atoms with E-state index < -0.39 is 11.8 Å². The molecule has 1 saturated heterocycles. The second-order valence-corrected chi connectivity index (χ2v) is 6.38. The van der Waals surface area contributed by atoms with Crippen LogP contribution in [0.15, 0.2) is 48.5 Å². The van der Waals surface area contributed by atoms with Crippen LogP contribution in [0.2, 0.25) is 0 Å². The number of carbonyl (C=O) groups excluding carboxylic acids is 3. The third kappa shape index (κ3) is 4.25. The molecule has 0 saturated carbocycles. The van der Waals surface area contributed by atoms with Crippen molar-refractivity contribution in [3.8, 4) is 5.75 Å². The van der Waals surface area contributed by atoms with E-state index in [4.69, 9.17) is 10.5 Å². The molecule has 1 fully saturated rings. The number of nitrogens with two attached hydrogens (primary N) is 1. The summed E-state index contributed by atoms with van der Waals surface area (Å²) >= 11 is 0. The van der Waals surface area contributed by atoms with Crippen LogP contribution in [0.1, 0.15) is 22.3 Å². The number of hydrogen-bond acceptors (Lipinski definition) is 4. The first kappa shape index (κ1) is 18.4. The number of rotatable bonds is 6. The van der Waals surface area contributed by atoms with Crippen molar-refractivity contribution in [2.75, 3.05) is 18.6 Å². The van der Waals surface area contributed by atoms with E-state index >= 15 is 0 Å². The Kier molecular flexibility index (Phi) is 5.40. The van der Waals surface area contributed by atoms with Crippen molar-refractivity contribution in [2.45, 2.75) is 13.0 Å². The number of nitrogens with zero attached hydrogens (tertiary/aromatic N) is 1. The number of amides is 3. The van der Waals surface area contributed by atoms with Crippen molar-refractivity contribution in [1.82, 2.24) is 5.32 Å². The standard InChI is InChI=1S/C20H21N3O4/c1-27-17-8-6-16(7-9-17)23-12-15(10-18(23)24)20(26)22-11-13-2-4-14(5-3-13)19(21)25/h2-9,15H,10-12H2,1H3,(H2,21,25)(H,22,26). The zero-order chi connectivity index (χ0) is 19.4. The second kappa shape index (κ2) is 7.90. The van der Waals surface area contributed by atoms with Gasteiger partial charge in [-0.3, -0.25) is 14.4 Å². The van der Waals surface area contributed by atoms with E-state index in [1.807, 2.05) is 0 Å². The molecule has 27 heavy (non-hydrogen) atoms. The van der Waals surface area contributed by atoms with Crippen LogP contribution in [0.5, 0.6) is 5.75 Å². The molecular weight excluding hydrogens is 346 g/mol. The van der Waals surface area contributed by atoms with Gasteiger partial charge in [-0.05, 0) is 42.0 Å². The van der Waals surface area contributed by atoms with Crippen LogP contribution in [0.25, 0.3) is 0 Å². The summed E-state index contributed by atoms with van der Waals surface area (Å²) in [7, 11) is 1.58. The van der Waals surface area contributed by atoms with Gasteiger partial charge in [-0.25, -0.2) is 0 Å². The Hall–Kier alpha value is -3.35. The average molecular weight is 367 g/mol. The first-order chi connectivity index (χ1) is 13.0. The van der Waals surface area contributed by atoms with Crippen LogP contribution in [0, 0.1) is 5.92 Å². The Morgan fingerprint density at radius 1 is 1.15 bits per heavy atom. The Labute approximate surface area is 157 Å². The molecule has 0 aliphatic carbocycles. The summed E-state index contributed by atoms with van der Waals surface area (Å²) in [5.41, 5.74) is 7.22. The van der Waals surface area contributed by atoms with Gasteiger partial charge >= 0.3 is 0 Å². The minimum absolute atomic E-state index is 0.0777. The van der Waals surface area contributed by atoms with Crippen LogP contribution < -0.4 is 20.7 Å². The third-order valence-electron chi connectivity index (χ3n) is 4.59. The first-order valence-corrected chi connectivity index (χ1v) is 8.59. The molecule has 0 spiro atoms. The number of nitrogens with one attached hydrogen (secondary N) is 1. The van der Waals surface area contributed by atoms with E-state index in [1.165, 1.54) is 0 Å². The summed E-state index contributed by atoms with van der Waals surface area (Å²) in [5, 5.41) is 2.85. The summed E-state index contributed by atoms with van der Waals surface area (Å²) in [6, 6.07) is 13.9. The molecule has 2 aromatic carbocycles. The number of anilines is 1. The second-order valence-electron chi connectivity index (χ2n) is 6.38. The van der Waals surface area contributed by atoms with Gasteiger partial charge in [0.2, 0.25) is 17.7 Å². The van der Waals surface area contributed by atoms with Crippen LogP contribution in [0.3, 0.4) is 0 Å². The molecule has 2 aromatic rings. The van der Waals surface area contributed by atoms with Gasteiger partial charge in [-0.2, -0.15) is 0 Å². The van der Waals surface area contributed by atoms with Gasteiger partial charge in [0.05, 0.1) is 13.0 Å². The predicted molar refractivity (Wildman–Crippen MR) is 100 cm³/mol. The van der Waals surface area contributed by atoms with E-state index in [0.29, 0.717) is 24.4 Å². The van der Waals surface area contributed by atoms with Crippen molar-refractivity contribution >= 4 is 23.4 Å². The molecule has 3 amide bonds. The third-order valence-corrected chi connectivity index (χ3v) is 4.59. The number of benzene rings is 2. The lowest BCUT2D eigenvalue weighted by atomic mass is 10.1. The Bertz CT molecular complexity index is 847. The zero-order valence-electron chi connectivity index (χ0n) is 15.0. The first-order valence-electron chi connectivity index (χ1n) is 8.59. The van der Waals surface area contributed by atoms with Gasteiger partial charge in [-0.15, -0.1) is 0 Å². The van der Waals surface area contributed by atoms with Crippen LogP contribution in [-0.4, -0.2) is 31.4 Å². The summed E-state index contributed by atoms with van der Waals surface area (Å²) in [6.45, 7) is 0.669. The van der Waals surface area contributed by atoms with E-state index in [9.17, 15) is 14.4 Å². The maximum Gasteiger partial charge on any atom is 0.248 e. The van der Waals surface area contributed by atoms with Gasteiger partial charge in [0.1, 0.15) is 5.75 Å². The van der Waals surface area contributed by atoms with Crippen LogP contribution in [-0.2, 0) is 16.1 Å². The molecule has 1 aliphatic heterocycles. The largest absolute Gasteiger partial charge is 0.497 e. The highest BCUT2D eigenvalue weighted by Crippen LogP contribution is 2.27. The molecule has 1 heterocycles. The summed E-state index contributed by atoms with van der Waals surface area (Å²) in [6.07, 6.45) is 0.179. The number of carbonyl (C=O) groups is 3. The Morgan fingerprint density at radius 3 is 2.41 bits per heavy atom. The number of ether oxygens (including phenoxy) is 1. The molecule has 140 valence electrons. The van der Waals surface area contributed by atoms with Crippen molar-refractivity contribution in [3.05, 3.63) is 59.7 Å². The Balaban J connectivity index is 1.57. The molecular formula is C20H21N3O4. The Morgan fingerprint density at radius 2 is 1.81 bits per heavy atom. The molecule has 1 atom stereocenters.